The Kier molecular flexibility index (Phi) is 9.00. The van der Waals surface area contributed by atoms with Gasteiger partial charge in [-0.05, 0) is 63.2 Å². The fourth-order valence-electron chi connectivity index (χ4n) is 4.80. The minimum absolute atomic E-state index is 0.310. The van der Waals surface area contributed by atoms with E-state index in [0.29, 0.717) is 0 Å². The fourth-order valence-corrected chi connectivity index (χ4v) is 4.80. The maximum absolute atomic E-state index is 6.45. The summed E-state index contributed by atoms with van der Waals surface area (Å²) >= 11 is 0. The number of fused-ring (bicyclic) bond motifs is 1. The van der Waals surface area contributed by atoms with Gasteiger partial charge in [0.25, 0.3) is 0 Å². The lowest BCUT2D eigenvalue weighted by Crippen LogP contribution is -2.34. The van der Waals surface area contributed by atoms with Gasteiger partial charge in [0, 0.05) is 37.4 Å². The smallest absolute Gasteiger partial charge is 0.141 e. The minimum Gasteiger partial charge on any atom is -0.457 e. The van der Waals surface area contributed by atoms with Crippen molar-refractivity contribution in [1.29, 1.82) is 0 Å². The number of aromatic nitrogens is 2. The van der Waals surface area contributed by atoms with E-state index in [1.54, 1.807) is 0 Å². The van der Waals surface area contributed by atoms with Crippen LogP contribution in [0.5, 0.6) is 11.5 Å². The standard InChI is InChI=1S/C31H41N3O2/c1-5-8-21-34-29-24-31(4,35-22-13-20-33(6-2)7-3)19-18-28(29)32-30(34)25-14-12-17-27(23-25)36-26-15-10-9-11-16-26/h9-12,14-19,23H,5-8,13,20-22,24H2,1-4H3. The predicted molar refractivity (Wildman–Crippen MR) is 149 cm³/mol. The van der Waals surface area contributed by atoms with Gasteiger partial charge < -0.3 is 18.9 Å². The summed E-state index contributed by atoms with van der Waals surface area (Å²) in [5.74, 6) is 2.65. The number of imidazole rings is 1. The highest BCUT2D eigenvalue weighted by atomic mass is 16.5. The number of hydrogen-bond acceptors (Lipinski definition) is 4. The molecule has 1 aliphatic carbocycles. The van der Waals surface area contributed by atoms with Crippen LogP contribution in [-0.2, 0) is 17.7 Å². The summed E-state index contributed by atoms with van der Waals surface area (Å²) in [6, 6.07) is 18.2. The zero-order chi connectivity index (χ0) is 25.4. The first-order valence-electron chi connectivity index (χ1n) is 13.5. The zero-order valence-corrected chi connectivity index (χ0v) is 22.4. The molecular weight excluding hydrogens is 446 g/mol. The molecule has 1 atom stereocenters. The highest BCUT2D eigenvalue weighted by Crippen LogP contribution is 2.34. The molecule has 0 N–H and O–H groups in total. The average molecular weight is 488 g/mol. The van der Waals surface area contributed by atoms with Crippen molar-refractivity contribution in [3.05, 3.63) is 72.1 Å². The Bertz CT molecular complexity index is 1130. The Morgan fingerprint density at radius 3 is 2.50 bits per heavy atom. The zero-order valence-electron chi connectivity index (χ0n) is 22.4. The Labute approximate surface area is 216 Å². The van der Waals surface area contributed by atoms with Crippen molar-refractivity contribution < 1.29 is 9.47 Å². The molecule has 0 saturated carbocycles. The number of para-hydroxylation sites is 1. The van der Waals surface area contributed by atoms with Crippen LogP contribution in [0.25, 0.3) is 17.5 Å². The topological polar surface area (TPSA) is 39.5 Å². The van der Waals surface area contributed by atoms with Crippen LogP contribution >= 0.6 is 0 Å². The van der Waals surface area contributed by atoms with Crippen LogP contribution in [0.1, 0.15) is 58.3 Å². The lowest BCUT2D eigenvalue weighted by molar-refractivity contribution is 0.000235. The molecule has 2 aromatic carbocycles. The van der Waals surface area contributed by atoms with Crippen molar-refractivity contribution in [2.45, 2.75) is 65.5 Å². The van der Waals surface area contributed by atoms with Gasteiger partial charge in [-0.15, -0.1) is 0 Å². The van der Waals surface area contributed by atoms with Gasteiger partial charge in [0.1, 0.15) is 17.3 Å². The normalized spacial score (nSPS) is 16.9. The second kappa shape index (κ2) is 12.4. The molecule has 1 aliphatic rings. The summed E-state index contributed by atoms with van der Waals surface area (Å²) in [4.78, 5) is 7.53. The van der Waals surface area contributed by atoms with E-state index >= 15 is 0 Å². The third kappa shape index (κ3) is 6.45. The van der Waals surface area contributed by atoms with Crippen molar-refractivity contribution in [1.82, 2.24) is 14.5 Å². The van der Waals surface area contributed by atoms with Crippen LogP contribution in [0.4, 0.5) is 0 Å². The van der Waals surface area contributed by atoms with Crippen molar-refractivity contribution in [3.8, 4) is 22.9 Å². The third-order valence-electron chi connectivity index (χ3n) is 6.97. The van der Waals surface area contributed by atoms with Gasteiger partial charge in [-0.2, -0.15) is 0 Å². The summed E-state index contributed by atoms with van der Waals surface area (Å²) in [6.07, 6.45) is 8.48. The van der Waals surface area contributed by atoms with E-state index in [1.807, 2.05) is 42.5 Å². The number of rotatable bonds is 13. The molecule has 3 aromatic rings. The molecule has 1 heterocycles. The van der Waals surface area contributed by atoms with Crippen molar-refractivity contribution in [3.63, 3.8) is 0 Å². The summed E-state index contributed by atoms with van der Waals surface area (Å²) in [5, 5.41) is 0. The average Bonchev–Trinajstić information content (AvgIpc) is 3.25. The van der Waals surface area contributed by atoms with Crippen LogP contribution < -0.4 is 4.74 Å². The van der Waals surface area contributed by atoms with Gasteiger partial charge in [0.05, 0.1) is 11.3 Å². The molecule has 192 valence electrons. The third-order valence-corrected chi connectivity index (χ3v) is 6.97. The quantitative estimate of drug-likeness (QED) is 0.239. The molecular formula is C31H41N3O2. The van der Waals surface area contributed by atoms with Crippen LogP contribution in [-0.4, -0.2) is 46.3 Å². The Morgan fingerprint density at radius 2 is 1.75 bits per heavy atom. The van der Waals surface area contributed by atoms with Crippen molar-refractivity contribution >= 4 is 6.08 Å². The molecule has 4 rings (SSSR count). The van der Waals surface area contributed by atoms with E-state index in [2.05, 4.69) is 61.4 Å². The Balaban J connectivity index is 1.54. The van der Waals surface area contributed by atoms with Crippen LogP contribution in [0, 0.1) is 0 Å². The van der Waals surface area contributed by atoms with E-state index in [0.717, 1.165) is 87.1 Å². The molecule has 0 aliphatic heterocycles. The monoisotopic (exact) mass is 487 g/mol. The number of benzene rings is 2. The molecule has 0 fully saturated rings. The molecule has 0 radical (unpaired) electrons. The van der Waals surface area contributed by atoms with Gasteiger partial charge in [-0.3, -0.25) is 0 Å². The van der Waals surface area contributed by atoms with Gasteiger partial charge >= 0.3 is 0 Å². The Morgan fingerprint density at radius 1 is 0.972 bits per heavy atom. The largest absolute Gasteiger partial charge is 0.457 e. The molecule has 0 bridgehead atoms. The number of nitrogens with zero attached hydrogens (tertiary/aromatic N) is 3. The summed E-state index contributed by atoms with van der Waals surface area (Å²) in [5.41, 5.74) is 3.08. The van der Waals surface area contributed by atoms with Crippen molar-refractivity contribution in [2.24, 2.45) is 0 Å². The van der Waals surface area contributed by atoms with E-state index in [9.17, 15) is 0 Å². The fraction of sp³-hybridized carbons (Fsp3) is 0.452. The van der Waals surface area contributed by atoms with Gasteiger partial charge in [0.2, 0.25) is 0 Å². The highest BCUT2D eigenvalue weighted by Gasteiger charge is 2.31. The molecule has 36 heavy (non-hydrogen) atoms. The van der Waals surface area contributed by atoms with E-state index in [4.69, 9.17) is 14.5 Å². The highest BCUT2D eigenvalue weighted by molar-refractivity contribution is 5.64. The molecule has 5 nitrogen and oxygen atoms in total. The van der Waals surface area contributed by atoms with Crippen LogP contribution in [0.2, 0.25) is 0 Å². The first-order valence-corrected chi connectivity index (χ1v) is 13.5. The van der Waals surface area contributed by atoms with Gasteiger partial charge in [-0.1, -0.05) is 63.6 Å². The summed E-state index contributed by atoms with van der Waals surface area (Å²) < 4.78 is 15.0. The number of ether oxygens (including phenoxy) is 2. The molecule has 1 aromatic heterocycles. The summed E-state index contributed by atoms with van der Waals surface area (Å²) in [7, 11) is 0. The lowest BCUT2D eigenvalue weighted by atomic mass is 9.93. The van der Waals surface area contributed by atoms with Crippen LogP contribution in [0.15, 0.2) is 60.7 Å². The number of hydrogen-bond donors (Lipinski definition) is 0. The Hall–Kier alpha value is -2.89. The summed E-state index contributed by atoms with van der Waals surface area (Å²) in [6.45, 7) is 13.9. The second-order valence-electron chi connectivity index (χ2n) is 9.77. The van der Waals surface area contributed by atoms with E-state index in [1.165, 1.54) is 5.69 Å². The lowest BCUT2D eigenvalue weighted by Gasteiger charge is -2.30. The molecule has 0 saturated heterocycles. The van der Waals surface area contributed by atoms with E-state index in [-0.39, 0.29) is 5.60 Å². The van der Waals surface area contributed by atoms with E-state index < -0.39 is 0 Å². The van der Waals surface area contributed by atoms with Crippen molar-refractivity contribution in [2.75, 3.05) is 26.2 Å². The molecule has 5 heteroatoms. The first-order chi connectivity index (χ1) is 17.5. The van der Waals surface area contributed by atoms with Gasteiger partial charge in [-0.25, -0.2) is 4.98 Å². The SMILES string of the molecule is CCCCn1c(-c2cccc(Oc3ccccc3)c2)nc2c1CC(C)(OCCCN(CC)CC)C=C2. The molecule has 0 spiro atoms. The van der Waals surface area contributed by atoms with Crippen LogP contribution in [0.3, 0.4) is 0 Å². The maximum atomic E-state index is 6.45. The second-order valence-corrected chi connectivity index (χ2v) is 9.77. The molecule has 1 unspecified atom stereocenters. The number of unbranched alkanes of at least 4 members (excludes halogenated alkanes) is 1. The molecule has 0 amide bonds. The minimum atomic E-state index is -0.310. The van der Waals surface area contributed by atoms with Gasteiger partial charge in [0.15, 0.2) is 0 Å². The first kappa shape index (κ1) is 26.2. The maximum Gasteiger partial charge on any atom is 0.141 e. The predicted octanol–water partition coefficient (Wildman–Crippen LogP) is 7.22.